The maximum Gasteiger partial charge on any atom is 0.112 e. The number of rotatable bonds is 5. The normalized spacial score (nSPS) is 14.3. The molecule has 19 heavy (non-hydrogen) atoms. The first-order valence-electron chi connectivity index (χ1n) is 6.32. The molecule has 1 N–H and O–H groups in total. The summed E-state index contributed by atoms with van der Waals surface area (Å²) in [5.41, 5.74) is 2.75. The van der Waals surface area contributed by atoms with Crippen LogP contribution < -0.4 is 5.32 Å². The van der Waals surface area contributed by atoms with Crippen LogP contribution in [-0.4, -0.2) is 21.4 Å². The quantitative estimate of drug-likeness (QED) is 0.807. The summed E-state index contributed by atoms with van der Waals surface area (Å²) in [6.45, 7) is 4.34. The summed E-state index contributed by atoms with van der Waals surface area (Å²) < 4.78 is 0.934. The molecule has 0 fully saturated rings. The maximum atomic E-state index is 5.90. The second-order valence-corrected chi connectivity index (χ2v) is 6.15. The molecule has 0 radical (unpaired) electrons. The predicted octanol–water partition coefficient (Wildman–Crippen LogP) is 4.60. The van der Waals surface area contributed by atoms with Crippen LogP contribution in [0.4, 0.5) is 5.69 Å². The number of anilines is 1. The van der Waals surface area contributed by atoms with E-state index in [0.717, 1.165) is 34.0 Å². The van der Waals surface area contributed by atoms with Crippen molar-refractivity contribution in [2.75, 3.05) is 11.2 Å². The summed E-state index contributed by atoms with van der Waals surface area (Å²) in [6.07, 6.45) is 5.50. The summed E-state index contributed by atoms with van der Waals surface area (Å²) in [4.78, 5) is 8.80. The van der Waals surface area contributed by atoms with Crippen LogP contribution in [0.1, 0.15) is 26.7 Å². The third-order valence-corrected chi connectivity index (χ3v) is 4.03. The number of nitrogens with zero attached hydrogens (tertiary/aromatic N) is 2. The number of hydrogen-bond donors (Lipinski definition) is 1. The molecular weight excluding hydrogens is 326 g/mol. The molecule has 0 spiro atoms. The number of halogens is 2. The van der Waals surface area contributed by atoms with Crippen LogP contribution >= 0.6 is 27.5 Å². The molecule has 0 aliphatic rings. The smallest absolute Gasteiger partial charge is 0.112 e. The first kappa shape index (κ1) is 14.5. The molecule has 0 amide bonds. The minimum atomic E-state index is -0.0230. The van der Waals surface area contributed by atoms with E-state index < -0.39 is 0 Å². The number of nitrogens with one attached hydrogen (secondary N) is 1. The second-order valence-electron chi connectivity index (χ2n) is 4.86. The van der Waals surface area contributed by atoms with Crippen LogP contribution in [0, 0.1) is 0 Å². The predicted molar refractivity (Wildman–Crippen MR) is 84.9 cm³/mol. The van der Waals surface area contributed by atoms with E-state index in [9.17, 15) is 0 Å². The van der Waals surface area contributed by atoms with Crippen molar-refractivity contribution in [3.8, 4) is 0 Å². The zero-order valence-corrected chi connectivity index (χ0v) is 13.4. The monoisotopic (exact) mass is 341 g/mol. The Morgan fingerprint density at radius 2 is 2.21 bits per heavy atom. The van der Waals surface area contributed by atoms with Crippen molar-refractivity contribution in [1.29, 1.82) is 0 Å². The summed E-state index contributed by atoms with van der Waals surface area (Å²) in [5.74, 6) is 0.638. The summed E-state index contributed by atoms with van der Waals surface area (Å²) >= 11 is 9.31. The molecule has 5 heteroatoms. The molecule has 0 saturated heterocycles. The van der Waals surface area contributed by atoms with Gasteiger partial charge in [0.2, 0.25) is 0 Å². The molecule has 1 atom stereocenters. The largest absolute Gasteiger partial charge is 0.378 e. The van der Waals surface area contributed by atoms with Crippen LogP contribution in [0.2, 0.25) is 0 Å². The van der Waals surface area contributed by atoms with Crippen LogP contribution in [0.5, 0.6) is 0 Å². The highest BCUT2D eigenvalue weighted by Gasteiger charge is 2.22. The Morgan fingerprint density at radius 3 is 2.89 bits per heavy atom. The average molecular weight is 343 g/mol. The van der Waals surface area contributed by atoms with E-state index in [4.69, 9.17) is 11.6 Å². The first-order chi connectivity index (χ1) is 9.08. The highest BCUT2D eigenvalue weighted by molar-refractivity contribution is 9.10. The Bertz CT molecular complexity index is 576. The molecule has 2 aromatic heterocycles. The lowest BCUT2D eigenvalue weighted by atomic mass is 9.95. The SMILES string of the molecule is CCC(C)(CCCl)Nc1ccnc2cc(Br)cnc12. The number of pyridine rings is 2. The molecule has 0 aliphatic carbocycles. The Balaban J connectivity index is 2.40. The van der Waals surface area contributed by atoms with Gasteiger partial charge in [-0.2, -0.15) is 0 Å². The minimum Gasteiger partial charge on any atom is -0.378 e. The van der Waals surface area contributed by atoms with Gasteiger partial charge in [-0.25, -0.2) is 0 Å². The summed E-state index contributed by atoms with van der Waals surface area (Å²) in [5, 5.41) is 3.57. The second kappa shape index (κ2) is 6.06. The van der Waals surface area contributed by atoms with Gasteiger partial charge in [0.15, 0.2) is 0 Å². The fourth-order valence-electron chi connectivity index (χ4n) is 1.97. The minimum absolute atomic E-state index is 0.0230. The van der Waals surface area contributed by atoms with E-state index in [2.05, 4.69) is 45.1 Å². The number of alkyl halides is 1. The Kier molecular flexibility index (Phi) is 4.63. The van der Waals surface area contributed by atoms with Gasteiger partial charge in [0.25, 0.3) is 0 Å². The summed E-state index contributed by atoms with van der Waals surface area (Å²) in [6, 6.07) is 3.93. The Morgan fingerprint density at radius 1 is 1.42 bits per heavy atom. The van der Waals surface area contributed by atoms with Gasteiger partial charge in [-0.15, -0.1) is 11.6 Å². The van der Waals surface area contributed by atoms with Crippen molar-refractivity contribution in [2.24, 2.45) is 0 Å². The molecule has 2 heterocycles. The molecule has 0 aromatic carbocycles. The summed E-state index contributed by atoms with van der Waals surface area (Å²) in [7, 11) is 0. The zero-order chi connectivity index (χ0) is 13.9. The van der Waals surface area contributed by atoms with E-state index in [0.29, 0.717) is 5.88 Å². The van der Waals surface area contributed by atoms with Crippen LogP contribution in [-0.2, 0) is 0 Å². The molecule has 102 valence electrons. The molecule has 0 bridgehead atoms. The Labute approximate surface area is 126 Å². The van der Waals surface area contributed by atoms with Gasteiger partial charge in [-0.05, 0) is 47.8 Å². The van der Waals surface area contributed by atoms with E-state index in [1.54, 1.807) is 12.4 Å². The highest BCUT2D eigenvalue weighted by Crippen LogP contribution is 2.27. The fraction of sp³-hybridized carbons (Fsp3) is 0.429. The van der Waals surface area contributed by atoms with E-state index in [1.807, 2.05) is 12.1 Å². The lowest BCUT2D eigenvalue weighted by molar-refractivity contribution is 0.481. The van der Waals surface area contributed by atoms with Gasteiger partial charge in [0, 0.05) is 28.3 Å². The standard InChI is InChI=1S/C14H17BrClN3/c1-3-14(2,5-6-16)19-11-4-7-17-12-8-10(15)9-18-13(11)12/h4,7-9H,3,5-6H2,1-2H3,(H,17,19). The molecule has 0 saturated carbocycles. The highest BCUT2D eigenvalue weighted by atomic mass is 79.9. The number of fused-ring (bicyclic) bond motifs is 1. The van der Waals surface area contributed by atoms with Gasteiger partial charge < -0.3 is 5.32 Å². The van der Waals surface area contributed by atoms with Gasteiger partial charge in [0.1, 0.15) is 5.52 Å². The molecule has 1 unspecified atom stereocenters. The topological polar surface area (TPSA) is 37.8 Å². The molecule has 3 nitrogen and oxygen atoms in total. The van der Waals surface area contributed by atoms with Crippen molar-refractivity contribution in [2.45, 2.75) is 32.2 Å². The van der Waals surface area contributed by atoms with Crippen molar-refractivity contribution in [1.82, 2.24) is 9.97 Å². The van der Waals surface area contributed by atoms with Crippen LogP contribution in [0.3, 0.4) is 0 Å². The maximum absolute atomic E-state index is 5.90. The number of hydrogen-bond acceptors (Lipinski definition) is 3. The Hall–Kier alpha value is -0.870. The van der Waals surface area contributed by atoms with E-state index in [1.165, 1.54) is 0 Å². The van der Waals surface area contributed by atoms with Crippen LogP contribution in [0.25, 0.3) is 11.0 Å². The molecule has 2 aromatic rings. The van der Waals surface area contributed by atoms with Gasteiger partial charge in [-0.3, -0.25) is 9.97 Å². The van der Waals surface area contributed by atoms with Crippen molar-refractivity contribution in [3.63, 3.8) is 0 Å². The fourth-order valence-corrected chi connectivity index (χ4v) is 2.70. The third kappa shape index (κ3) is 3.37. The van der Waals surface area contributed by atoms with Crippen LogP contribution in [0.15, 0.2) is 29.0 Å². The lowest BCUT2D eigenvalue weighted by Gasteiger charge is -2.30. The molecular formula is C14H17BrClN3. The van der Waals surface area contributed by atoms with E-state index in [-0.39, 0.29) is 5.54 Å². The van der Waals surface area contributed by atoms with Gasteiger partial charge in [-0.1, -0.05) is 6.92 Å². The molecule has 0 aliphatic heterocycles. The average Bonchev–Trinajstić information content (AvgIpc) is 2.39. The zero-order valence-electron chi connectivity index (χ0n) is 11.1. The van der Waals surface area contributed by atoms with Gasteiger partial charge >= 0.3 is 0 Å². The van der Waals surface area contributed by atoms with Crippen molar-refractivity contribution >= 4 is 44.3 Å². The van der Waals surface area contributed by atoms with Crippen molar-refractivity contribution in [3.05, 3.63) is 29.0 Å². The van der Waals surface area contributed by atoms with Crippen molar-refractivity contribution < 1.29 is 0 Å². The molecule has 2 rings (SSSR count). The van der Waals surface area contributed by atoms with E-state index >= 15 is 0 Å². The first-order valence-corrected chi connectivity index (χ1v) is 7.65. The third-order valence-electron chi connectivity index (χ3n) is 3.41. The van der Waals surface area contributed by atoms with Gasteiger partial charge in [0.05, 0.1) is 11.2 Å². The number of aromatic nitrogens is 2. The lowest BCUT2D eigenvalue weighted by Crippen LogP contribution is -2.34.